The van der Waals surface area contributed by atoms with Crippen LogP contribution in [-0.4, -0.2) is 5.91 Å². The van der Waals surface area contributed by atoms with Gasteiger partial charge >= 0.3 is 0 Å². The van der Waals surface area contributed by atoms with Crippen LogP contribution in [0.1, 0.15) is 35.2 Å². The third-order valence-electron chi connectivity index (χ3n) is 4.17. The van der Waals surface area contributed by atoms with Crippen molar-refractivity contribution in [1.82, 2.24) is 5.32 Å². The lowest BCUT2D eigenvalue weighted by molar-refractivity contribution is 0.0818. The van der Waals surface area contributed by atoms with E-state index in [2.05, 4.69) is 5.32 Å². The molecule has 0 aromatic heterocycles. The highest BCUT2D eigenvalue weighted by molar-refractivity contribution is 5.95. The summed E-state index contributed by atoms with van der Waals surface area (Å²) >= 11 is 0. The van der Waals surface area contributed by atoms with E-state index < -0.39 is 34.5 Å². The van der Waals surface area contributed by atoms with Crippen molar-refractivity contribution in [1.29, 1.82) is 0 Å². The Morgan fingerprint density at radius 3 is 2.23 bits per heavy atom. The number of amides is 1. The zero-order chi connectivity index (χ0) is 15.7. The normalized spacial score (nSPS) is 16.0. The van der Waals surface area contributed by atoms with Crippen molar-refractivity contribution in [3.05, 3.63) is 71.0 Å². The number of rotatable bonds is 3. The van der Waals surface area contributed by atoms with Crippen LogP contribution in [0.5, 0.6) is 0 Å². The molecule has 114 valence electrons. The van der Waals surface area contributed by atoms with Crippen LogP contribution in [0.4, 0.5) is 13.2 Å². The van der Waals surface area contributed by atoms with Crippen molar-refractivity contribution in [2.24, 2.45) is 0 Å². The molecule has 1 N–H and O–H groups in total. The van der Waals surface area contributed by atoms with E-state index in [-0.39, 0.29) is 0 Å². The van der Waals surface area contributed by atoms with Gasteiger partial charge in [-0.15, -0.1) is 0 Å². The number of hydrogen-bond donors (Lipinski definition) is 1. The van der Waals surface area contributed by atoms with Crippen molar-refractivity contribution in [3.63, 3.8) is 0 Å². The lowest BCUT2D eigenvalue weighted by Gasteiger charge is -2.43. The number of hydrogen-bond acceptors (Lipinski definition) is 1. The van der Waals surface area contributed by atoms with Crippen LogP contribution in [0.3, 0.4) is 0 Å². The third-order valence-corrected chi connectivity index (χ3v) is 4.17. The predicted molar refractivity (Wildman–Crippen MR) is 75.8 cm³/mol. The van der Waals surface area contributed by atoms with Crippen LogP contribution >= 0.6 is 0 Å². The molecular formula is C17H14F3NO. The smallest absolute Gasteiger partial charge is 0.255 e. The first-order valence-corrected chi connectivity index (χ1v) is 7.05. The molecule has 2 aromatic rings. The molecule has 0 heterocycles. The van der Waals surface area contributed by atoms with Crippen LogP contribution in [0.25, 0.3) is 0 Å². The average Bonchev–Trinajstić information content (AvgIpc) is 2.49. The minimum atomic E-state index is -1.63. The topological polar surface area (TPSA) is 29.1 Å². The van der Waals surface area contributed by atoms with E-state index in [4.69, 9.17) is 0 Å². The Morgan fingerprint density at radius 2 is 1.64 bits per heavy atom. The fraction of sp³-hybridized carbons (Fsp3) is 0.235. The van der Waals surface area contributed by atoms with E-state index in [0.29, 0.717) is 0 Å². The van der Waals surface area contributed by atoms with Crippen LogP contribution in [0.15, 0.2) is 42.5 Å². The number of halogens is 3. The van der Waals surface area contributed by atoms with Gasteiger partial charge in [-0.1, -0.05) is 30.3 Å². The molecule has 0 atom stereocenters. The minimum Gasteiger partial charge on any atom is -0.342 e. The summed E-state index contributed by atoms with van der Waals surface area (Å²) in [5.74, 6) is -5.13. The fourth-order valence-electron chi connectivity index (χ4n) is 2.76. The summed E-state index contributed by atoms with van der Waals surface area (Å²) in [7, 11) is 0. The lowest BCUT2D eigenvalue weighted by atomic mass is 9.71. The second-order valence-corrected chi connectivity index (χ2v) is 5.48. The van der Waals surface area contributed by atoms with Crippen LogP contribution < -0.4 is 5.32 Å². The Labute approximate surface area is 126 Å². The van der Waals surface area contributed by atoms with Gasteiger partial charge in [0.05, 0.1) is 11.1 Å². The van der Waals surface area contributed by atoms with Gasteiger partial charge in [-0.05, 0) is 37.0 Å². The maximum absolute atomic E-state index is 13.7. The average molecular weight is 305 g/mol. The summed E-state index contributed by atoms with van der Waals surface area (Å²) in [6.07, 6.45) is 2.40. The second kappa shape index (κ2) is 5.48. The first kappa shape index (κ1) is 14.6. The highest BCUT2D eigenvalue weighted by Crippen LogP contribution is 2.41. The largest absolute Gasteiger partial charge is 0.342 e. The van der Waals surface area contributed by atoms with Crippen molar-refractivity contribution >= 4 is 5.91 Å². The Hall–Kier alpha value is -2.30. The van der Waals surface area contributed by atoms with Gasteiger partial charge in [0.25, 0.3) is 5.91 Å². The van der Waals surface area contributed by atoms with Gasteiger partial charge < -0.3 is 5.32 Å². The lowest BCUT2D eigenvalue weighted by Crippen LogP contribution is -2.51. The van der Waals surface area contributed by atoms with E-state index in [0.717, 1.165) is 37.0 Å². The fourth-order valence-corrected chi connectivity index (χ4v) is 2.76. The molecule has 0 radical (unpaired) electrons. The van der Waals surface area contributed by atoms with Crippen molar-refractivity contribution in [2.75, 3.05) is 0 Å². The van der Waals surface area contributed by atoms with E-state index >= 15 is 0 Å². The standard InChI is InChI=1S/C17H14F3NO/c18-13-8-7-12(14(19)15(13)20)16(22)21-17(9-4-10-17)11-5-2-1-3-6-11/h1-3,5-8H,4,9-10H2,(H,21,22). The van der Waals surface area contributed by atoms with Gasteiger partial charge in [-0.3, -0.25) is 4.79 Å². The van der Waals surface area contributed by atoms with E-state index in [1.165, 1.54) is 0 Å². The summed E-state index contributed by atoms with van der Waals surface area (Å²) in [6, 6.07) is 11.1. The summed E-state index contributed by atoms with van der Waals surface area (Å²) in [4.78, 5) is 12.3. The van der Waals surface area contributed by atoms with Crippen molar-refractivity contribution in [3.8, 4) is 0 Å². The van der Waals surface area contributed by atoms with Gasteiger partial charge in [-0.2, -0.15) is 0 Å². The quantitative estimate of drug-likeness (QED) is 0.856. The molecule has 1 aliphatic carbocycles. The number of carbonyl (C=O) groups is 1. The summed E-state index contributed by atoms with van der Waals surface area (Å²) in [5, 5.41) is 2.78. The molecular weight excluding hydrogens is 291 g/mol. The van der Waals surface area contributed by atoms with Gasteiger partial charge in [0.15, 0.2) is 17.5 Å². The molecule has 1 saturated carbocycles. The third kappa shape index (κ3) is 2.36. The molecule has 0 saturated heterocycles. The monoisotopic (exact) mass is 305 g/mol. The predicted octanol–water partition coefficient (Wildman–Crippen LogP) is 3.91. The second-order valence-electron chi connectivity index (χ2n) is 5.48. The summed E-state index contributed by atoms with van der Waals surface area (Å²) in [6.45, 7) is 0. The Bertz CT molecular complexity index is 711. The molecule has 1 aliphatic rings. The highest BCUT2D eigenvalue weighted by Gasteiger charge is 2.40. The van der Waals surface area contributed by atoms with E-state index in [9.17, 15) is 18.0 Å². The first-order chi connectivity index (χ1) is 10.5. The van der Waals surface area contributed by atoms with Crippen molar-refractivity contribution < 1.29 is 18.0 Å². The number of nitrogens with one attached hydrogen (secondary N) is 1. The molecule has 1 fully saturated rings. The van der Waals surface area contributed by atoms with Crippen LogP contribution in [0.2, 0.25) is 0 Å². The van der Waals surface area contributed by atoms with Crippen LogP contribution in [-0.2, 0) is 5.54 Å². The zero-order valence-electron chi connectivity index (χ0n) is 11.7. The number of benzene rings is 2. The molecule has 2 aromatic carbocycles. The molecule has 0 bridgehead atoms. The van der Waals surface area contributed by atoms with Crippen molar-refractivity contribution in [2.45, 2.75) is 24.8 Å². The Kier molecular flexibility index (Phi) is 3.64. The van der Waals surface area contributed by atoms with Gasteiger partial charge in [0.1, 0.15) is 0 Å². The van der Waals surface area contributed by atoms with E-state index in [1.54, 1.807) is 0 Å². The summed E-state index contributed by atoms with van der Waals surface area (Å²) in [5.41, 5.74) is -0.117. The summed E-state index contributed by atoms with van der Waals surface area (Å²) < 4.78 is 40.0. The zero-order valence-corrected chi connectivity index (χ0v) is 11.7. The van der Waals surface area contributed by atoms with Gasteiger partial charge in [0, 0.05) is 0 Å². The Morgan fingerprint density at radius 1 is 0.955 bits per heavy atom. The highest BCUT2D eigenvalue weighted by atomic mass is 19.2. The maximum atomic E-state index is 13.7. The minimum absolute atomic E-state index is 0.485. The molecule has 5 heteroatoms. The molecule has 0 spiro atoms. The molecule has 1 amide bonds. The molecule has 22 heavy (non-hydrogen) atoms. The first-order valence-electron chi connectivity index (χ1n) is 7.05. The molecule has 3 rings (SSSR count). The van der Waals surface area contributed by atoms with E-state index in [1.807, 2.05) is 30.3 Å². The molecule has 0 unspecified atom stereocenters. The number of carbonyl (C=O) groups excluding carboxylic acids is 1. The SMILES string of the molecule is O=C(NC1(c2ccccc2)CCC1)c1ccc(F)c(F)c1F. The Balaban J connectivity index is 1.89. The molecule has 0 aliphatic heterocycles. The molecule has 2 nitrogen and oxygen atoms in total. The van der Waals surface area contributed by atoms with Gasteiger partial charge in [-0.25, -0.2) is 13.2 Å². The van der Waals surface area contributed by atoms with Gasteiger partial charge in [0.2, 0.25) is 0 Å². The maximum Gasteiger partial charge on any atom is 0.255 e. The van der Waals surface area contributed by atoms with Crippen LogP contribution in [0, 0.1) is 17.5 Å².